The van der Waals surface area contributed by atoms with Crippen LogP contribution in [0, 0.1) is 12.8 Å². The number of hydrogen-bond donors (Lipinski definition) is 2. The summed E-state index contributed by atoms with van der Waals surface area (Å²) in [5.74, 6) is 0.747. The van der Waals surface area contributed by atoms with Crippen LogP contribution >= 0.6 is 0 Å². The van der Waals surface area contributed by atoms with Gasteiger partial charge in [-0.25, -0.2) is 8.42 Å². The molecule has 0 amide bonds. The van der Waals surface area contributed by atoms with Crippen molar-refractivity contribution in [2.75, 3.05) is 25.6 Å². The van der Waals surface area contributed by atoms with Gasteiger partial charge in [-0.3, -0.25) is 0 Å². The van der Waals surface area contributed by atoms with Crippen molar-refractivity contribution >= 4 is 15.7 Å². The molecule has 6 nitrogen and oxygen atoms in total. The molecule has 0 radical (unpaired) electrons. The van der Waals surface area contributed by atoms with Gasteiger partial charge in [0.1, 0.15) is 5.75 Å². The van der Waals surface area contributed by atoms with Crippen LogP contribution in [-0.2, 0) is 10.0 Å². The molecule has 2 heterocycles. The van der Waals surface area contributed by atoms with Crippen LogP contribution in [-0.4, -0.2) is 44.1 Å². The molecule has 172 valence electrons. The number of aliphatic hydroxyl groups is 1. The first kappa shape index (κ1) is 21.9. The number of sulfonamides is 1. The van der Waals surface area contributed by atoms with Crippen molar-refractivity contribution in [3.8, 4) is 16.9 Å². The van der Waals surface area contributed by atoms with Gasteiger partial charge in [0.15, 0.2) is 0 Å². The van der Waals surface area contributed by atoms with Gasteiger partial charge in [0.05, 0.1) is 30.7 Å². The number of aryl methyl sites for hydroxylation is 1. The topological polar surface area (TPSA) is 78.9 Å². The van der Waals surface area contributed by atoms with Gasteiger partial charge in [0, 0.05) is 23.7 Å². The van der Waals surface area contributed by atoms with E-state index in [0.29, 0.717) is 17.9 Å². The van der Waals surface area contributed by atoms with Crippen LogP contribution in [0.4, 0.5) is 5.69 Å². The minimum Gasteiger partial charge on any atom is -0.496 e. The lowest BCUT2D eigenvalue weighted by Crippen LogP contribution is -2.42. The Kier molecular flexibility index (Phi) is 5.64. The summed E-state index contributed by atoms with van der Waals surface area (Å²) < 4.78 is 34.5. The Morgan fingerprint density at radius 2 is 1.85 bits per heavy atom. The number of hydrogen-bond acceptors (Lipinski definition) is 5. The van der Waals surface area contributed by atoms with E-state index in [2.05, 4.69) is 11.4 Å². The third-order valence-corrected chi connectivity index (χ3v) is 8.76. The molecule has 0 aromatic heterocycles. The zero-order valence-electron chi connectivity index (χ0n) is 18.7. The van der Waals surface area contributed by atoms with E-state index in [-0.39, 0.29) is 24.6 Å². The monoisotopic (exact) mass is 464 g/mol. The smallest absolute Gasteiger partial charge is 0.243 e. The maximum atomic E-state index is 13.7. The number of nitrogens with one attached hydrogen (secondary N) is 1. The quantitative estimate of drug-likeness (QED) is 0.591. The minimum atomic E-state index is -3.69. The Bertz CT molecular complexity index is 1270. The molecular weight excluding hydrogens is 436 g/mol. The molecule has 2 aliphatic heterocycles. The van der Waals surface area contributed by atoms with Gasteiger partial charge in [0.2, 0.25) is 10.0 Å². The Morgan fingerprint density at radius 3 is 2.58 bits per heavy atom. The van der Waals surface area contributed by atoms with Crippen molar-refractivity contribution in [2.45, 2.75) is 30.3 Å². The second-order valence-corrected chi connectivity index (χ2v) is 10.7. The molecule has 3 aromatic rings. The molecule has 33 heavy (non-hydrogen) atoms. The maximum absolute atomic E-state index is 13.7. The highest BCUT2D eigenvalue weighted by molar-refractivity contribution is 7.89. The van der Waals surface area contributed by atoms with Gasteiger partial charge >= 0.3 is 0 Å². The van der Waals surface area contributed by atoms with Gasteiger partial charge < -0.3 is 15.2 Å². The van der Waals surface area contributed by atoms with E-state index in [4.69, 9.17) is 4.74 Å². The van der Waals surface area contributed by atoms with Gasteiger partial charge in [-0.1, -0.05) is 42.0 Å². The number of benzene rings is 3. The van der Waals surface area contributed by atoms with Crippen molar-refractivity contribution < 1.29 is 18.3 Å². The molecule has 5 rings (SSSR count). The van der Waals surface area contributed by atoms with Crippen LogP contribution in [0.25, 0.3) is 11.1 Å². The molecule has 0 aliphatic carbocycles. The van der Waals surface area contributed by atoms with Crippen molar-refractivity contribution in [3.05, 3.63) is 77.9 Å². The molecule has 1 fully saturated rings. The SMILES string of the molecule is COc1ccccc1-c1ccc2c(c1)[C@@H]1[C@@H](CCN1S(=O)(=O)c1ccc(C)cc1)[C@H](CO)N2. The van der Waals surface area contributed by atoms with E-state index in [1.807, 2.05) is 55.5 Å². The van der Waals surface area contributed by atoms with Crippen LogP contribution in [0.15, 0.2) is 71.6 Å². The summed E-state index contributed by atoms with van der Waals surface area (Å²) in [5.41, 5.74) is 4.73. The lowest BCUT2D eigenvalue weighted by molar-refractivity contribution is 0.210. The van der Waals surface area contributed by atoms with E-state index < -0.39 is 10.0 Å². The lowest BCUT2D eigenvalue weighted by Gasteiger charge is -2.39. The van der Waals surface area contributed by atoms with Crippen LogP contribution < -0.4 is 10.1 Å². The number of ether oxygens (including phenoxy) is 1. The second-order valence-electron chi connectivity index (χ2n) is 8.76. The number of rotatable bonds is 5. The van der Waals surface area contributed by atoms with E-state index in [1.165, 1.54) is 0 Å². The number of aliphatic hydroxyl groups excluding tert-OH is 1. The van der Waals surface area contributed by atoms with Gasteiger partial charge in [-0.05, 0) is 54.8 Å². The molecule has 0 unspecified atom stereocenters. The van der Waals surface area contributed by atoms with Crippen molar-refractivity contribution in [2.24, 2.45) is 5.92 Å². The maximum Gasteiger partial charge on any atom is 0.243 e. The average molecular weight is 465 g/mol. The molecule has 0 saturated carbocycles. The summed E-state index contributed by atoms with van der Waals surface area (Å²) in [5, 5.41) is 13.5. The predicted molar refractivity (Wildman–Crippen MR) is 129 cm³/mol. The summed E-state index contributed by atoms with van der Waals surface area (Å²) in [7, 11) is -2.04. The van der Waals surface area contributed by atoms with E-state index >= 15 is 0 Å². The molecular formula is C26H28N2O4S. The Labute approximate surface area is 194 Å². The second kappa shape index (κ2) is 8.48. The molecule has 7 heteroatoms. The normalized spacial score (nSPS) is 22.3. The summed E-state index contributed by atoms with van der Waals surface area (Å²) in [4.78, 5) is 0.301. The highest BCUT2D eigenvalue weighted by Crippen LogP contribution is 2.49. The molecule has 3 aromatic carbocycles. The fraction of sp³-hybridized carbons (Fsp3) is 0.308. The summed E-state index contributed by atoms with van der Waals surface area (Å²) in [6.45, 7) is 2.31. The highest BCUT2D eigenvalue weighted by atomic mass is 32.2. The largest absolute Gasteiger partial charge is 0.496 e. The molecule has 1 saturated heterocycles. The Balaban J connectivity index is 1.62. The zero-order valence-corrected chi connectivity index (χ0v) is 19.5. The van der Waals surface area contributed by atoms with Crippen molar-refractivity contribution in [1.29, 1.82) is 0 Å². The van der Waals surface area contributed by atoms with Crippen molar-refractivity contribution in [3.63, 3.8) is 0 Å². The first-order chi connectivity index (χ1) is 15.9. The van der Waals surface area contributed by atoms with Crippen LogP contribution in [0.5, 0.6) is 5.75 Å². The van der Waals surface area contributed by atoms with Gasteiger partial charge in [-0.15, -0.1) is 0 Å². The molecule has 0 bridgehead atoms. The van der Waals surface area contributed by atoms with Gasteiger partial charge in [0.25, 0.3) is 0 Å². The highest BCUT2D eigenvalue weighted by Gasteiger charge is 2.48. The van der Waals surface area contributed by atoms with E-state index in [0.717, 1.165) is 33.7 Å². The van der Waals surface area contributed by atoms with Gasteiger partial charge in [-0.2, -0.15) is 4.31 Å². The third kappa shape index (κ3) is 3.70. The first-order valence-electron chi connectivity index (χ1n) is 11.2. The zero-order chi connectivity index (χ0) is 23.2. The summed E-state index contributed by atoms with van der Waals surface area (Å²) in [6, 6.07) is 20.3. The fourth-order valence-electron chi connectivity index (χ4n) is 5.19. The molecule has 0 spiro atoms. The number of fused-ring (bicyclic) bond motifs is 3. The summed E-state index contributed by atoms with van der Waals surface area (Å²) >= 11 is 0. The number of methoxy groups -OCH3 is 1. The van der Waals surface area contributed by atoms with E-state index in [1.54, 1.807) is 23.5 Å². The van der Waals surface area contributed by atoms with Crippen molar-refractivity contribution in [1.82, 2.24) is 4.31 Å². The minimum absolute atomic E-state index is 0.0179. The van der Waals surface area contributed by atoms with Crippen LogP contribution in [0.2, 0.25) is 0 Å². The molecule has 3 atom stereocenters. The van der Waals surface area contributed by atoms with Crippen LogP contribution in [0.3, 0.4) is 0 Å². The fourth-order valence-corrected chi connectivity index (χ4v) is 6.85. The third-order valence-electron chi connectivity index (χ3n) is 6.87. The number of para-hydroxylation sites is 1. The predicted octanol–water partition coefficient (Wildman–Crippen LogP) is 4.21. The standard InChI is InChI=1S/C26H28N2O4S/c1-17-7-10-19(11-8-17)33(30,31)28-14-13-21-24(16-29)27-23-12-9-18(15-22(23)26(21)28)20-5-3-4-6-25(20)32-2/h3-12,15,21,24,26-27,29H,13-14,16H2,1-2H3/t21-,24-,26-/m0/s1. The molecule has 2 N–H and O–H groups in total. The Morgan fingerprint density at radius 1 is 1.09 bits per heavy atom. The molecule has 2 aliphatic rings. The summed E-state index contributed by atoms with van der Waals surface area (Å²) in [6.07, 6.45) is 0.687. The number of nitrogens with zero attached hydrogens (tertiary/aromatic N) is 1. The van der Waals surface area contributed by atoms with Crippen LogP contribution in [0.1, 0.15) is 23.6 Å². The average Bonchev–Trinajstić information content (AvgIpc) is 3.30. The van der Waals surface area contributed by atoms with E-state index in [9.17, 15) is 13.5 Å². The lowest BCUT2D eigenvalue weighted by atomic mass is 9.82. The Hall–Kier alpha value is -2.87. The first-order valence-corrected chi connectivity index (χ1v) is 12.6. The number of anilines is 1.